The zero-order valence-electron chi connectivity index (χ0n) is 14.5. The molecule has 1 amide bonds. The number of amides is 1. The zero-order valence-corrected chi connectivity index (χ0v) is 14.5. The summed E-state index contributed by atoms with van der Waals surface area (Å²) in [6, 6.07) is 13.5. The molecule has 2 rings (SSSR count). The Morgan fingerprint density at radius 2 is 1.65 bits per heavy atom. The molecule has 122 valence electrons. The molecule has 2 aromatic rings. The van der Waals surface area contributed by atoms with Crippen LogP contribution in [-0.2, 0) is 0 Å². The molecule has 1 atom stereocenters. The highest BCUT2D eigenvalue weighted by molar-refractivity contribution is 5.94. The van der Waals surface area contributed by atoms with Gasteiger partial charge in [0.2, 0.25) is 0 Å². The van der Waals surface area contributed by atoms with Gasteiger partial charge in [-0.1, -0.05) is 23.8 Å². The average molecular weight is 311 g/mol. The molecular weight excluding hydrogens is 286 g/mol. The average Bonchev–Trinajstić information content (AvgIpc) is 2.47. The second-order valence-corrected chi connectivity index (χ2v) is 6.25. The highest BCUT2D eigenvalue weighted by Crippen LogP contribution is 2.20. The monoisotopic (exact) mass is 311 g/mol. The minimum Gasteiger partial charge on any atom is -0.491 e. The molecule has 3 heteroatoms. The Morgan fingerprint density at radius 3 is 2.22 bits per heavy atom. The van der Waals surface area contributed by atoms with Crippen LogP contribution in [0.5, 0.6) is 5.75 Å². The fourth-order valence-corrected chi connectivity index (χ4v) is 2.63. The van der Waals surface area contributed by atoms with Gasteiger partial charge in [-0.05, 0) is 70.0 Å². The van der Waals surface area contributed by atoms with Crippen LogP contribution in [0.2, 0.25) is 0 Å². The highest BCUT2D eigenvalue weighted by Gasteiger charge is 2.13. The second-order valence-electron chi connectivity index (χ2n) is 6.25. The van der Waals surface area contributed by atoms with E-state index < -0.39 is 0 Å². The van der Waals surface area contributed by atoms with Crippen molar-refractivity contribution >= 4 is 5.91 Å². The fourth-order valence-electron chi connectivity index (χ4n) is 2.63. The van der Waals surface area contributed by atoms with Crippen molar-refractivity contribution in [3.63, 3.8) is 0 Å². The standard InChI is InChI=1S/C20H25NO2/c1-13(2)23-18-9-7-17(8-10-18)20(22)21-16(5)19-11-6-14(3)12-15(19)4/h6-13,16H,1-5H3,(H,21,22)/t16-/m1/s1. The lowest BCUT2D eigenvalue weighted by molar-refractivity contribution is 0.0940. The second kappa shape index (κ2) is 7.32. The molecule has 3 nitrogen and oxygen atoms in total. The molecule has 0 aliphatic carbocycles. The molecule has 0 spiro atoms. The Hall–Kier alpha value is -2.29. The number of carbonyl (C=O) groups is 1. The van der Waals surface area contributed by atoms with E-state index in [1.807, 2.05) is 32.9 Å². The van der Waals surface area contributed by atoms with E-state index in [0.29, 0.717) is 5.56 Å². The summed E-state index contributed by atoms with van der Waals surface area (Å²) in [5.74, 6) is 0.701. The molecule has 0 aliphatic rings. The molecule has 0 saturated heterocycles. The van der Waals surface area contributed by atoms with E-state index >= 15 is 0 Å². The summed E-state index contributed by atoms with van der Waals surface area (Å²) in [6.07, 6.45) is 0.124. The summed E-state index contributed by atoms with van der Waals surface area (Å²) in [6.45, 7) is 10.1. The van der Waals surface area contributed by atoms with Crippen molar-refractivity contribution in [2.24, 2.45) is 0 Å². The van der Waals surface area contributed by atoms with Gasteiger partial charge in [0.15, 0.2) is 0 Å². The van der Waals surface area contributed by atoms with Gasteiger partial charge in [0.1, 0.15) is 5.75 Å². The predicted molar refractivity (Wildman–Crippen MR) is 94.0 cm³/mol. The largest absolute Gasteiger partial charge is 0.491 e. The summed E-state index contributed by atoms with van der Waals surface area (Å²) >= 11 is 0. The molecule has 0 saturated carbocycles. The minimum absolute atomic E-state index is 0.0327. The number of ether oxygens (including phenoxy) is 1. The number of aryl methyl sites for hydroxylation is 2. The number of carbonyl (C=O) groups excluding carboxylic acids is 1. The number of nitrogens with one attached hydrogen (secondary N) is 1. The molecule has 0 aromatic heterocycles. The van der Waals surface area contributed by atoms with Crippen molar-refractivity contribution in [2.45, 2.75) is 46.8 Å². The maximum absolute atomic E-state index is 12.4. The minimum atomic E-state index is -0.0754. The quantitative estimate of drug-likeness (QED) is 0.877. The van der Waals surface area contributed by atoms with Crippen LogP contribution in [-0.4, -0.2) is 12.0 Å². The molecular formula is C20H25NO2. The van der Waals surface area contributed by atoms with E-state index in [4.69, 9.17) is 4.74 Å². The molecule has 0 aliphatic heterocycles. The Morgan fingerprint density at radius 1 is 1.00 bits per heavy atom. The number of rotatable bonds is 5. The van der Waals surface area contributed by atoms with Crippen LogP contribution in [0.1, 0.15) is 53.9 Å². The lowest BCUT2D eigenvalue weighted by Gasteiger charge is -2.17. The summed E-state index contributed by atoms with van der Waals surface area (Å²) in [5.41, 5.74) is 4.20. The summed E-state index contributed by atoms with van der Waals surface area (Å²) < 4.78 is 5.59. The molecule has 2 aromatic carbocycles. The van der Waals surface area contributed by atoms with Gasteiger partial charge in [-0.2, -0.15) is 0 Å². The first-order valence-corrected chi connectivity index (χ1v) is 8.01. The van der Waals surface area contributed by atoms with Crippen molar-refractivity contribution in [3.8, 4) is 5.75 Å². The van der Waals surface area contributed by atoms with Crippen molar-refractivity contribution < 1.29 is 9.53 Å². The van der Waals surface area contributed by atoms with Crippen molar-refractivity contribution in [3.05, 3.63) is 64.7 Å². The van der Waals surface area contributed by atoms with Crippen LogP contribution in [0.3, 0.4) is 0 Å². The maximum Gasteiger partial charge on any atom is 0.251 e. The van der Waals surface area contributed by atoms with Crippen LogP contribution in [0.4, 0.5) is 0 Å². The summed E-state index contributed by atoms with van der Waals surface area (Å²) in [5, 5.41) is 3.05. The lowest BCUT2D eigenvalue weighted by atomic mass is 10.00. The Kier molecular flexibility index (Phi) is 5.43. The van der Waals surface area contributed by atoms with Crippen LogP contribution in [0.25, 0.3) is 0 Å². The first-order valence-electron chi connectivity index (χ1n) is 8.01. The van der Waals surface area contributed by atoms with Gasteiger partial charge in [-0.3, -0.25) is 4.79 Å². The van der Waals surface area contributed by atoms with Crippen molar-refractivity contribution in [2.75, 3.05) is 0 Å². The van der Waals surface area contributed by atoms with Crippen LogP contribution in [0.15, 0.2) is 42.5 Å². The molecule has 0 unspecified atom stereocenters. The van der Waals surface area contributed by atoms with E-state index in [2.05, 4.69) is 37.4 Å². The zero-order chi connectivity index (χ0) is 17.0. The maximum atomic E-state index is 12.4. The van der Waals surface area contributed by atoms with Crippen molar-refractivity contribution in [1.82, 2.24) is 5.32 Å². The molecule has 0 radical (unpaired) electrons. The predicted octanol–water partition coefficient (Wildman–Crippen LogP) is 4.58. The van der Waals surface area contributed by atoms with Gasteiger partial charge in [0.05, 0.1) is 12.1 Å². The molecule has 0 bridgehead atoms. The Labute approximate surface area is 138 Å². The lowest BCUT2D eigenvalue weighted by Crippen LogP contribution is -2.27. The van der Waals surface area contributed by atoms with Crippen LogP contribution in [0, 0.1) is 13.8 Å². The highest BCUT2D eigenvalue weighted by atomic mass is 16.5. The van der Waals surface area contributed by atoms with Crippen LogP contribution >= 0.6 is 0 Å². The van der Waals surface area contributed by atoms with Gasteiger partial charge in [-0.25, -0.2) is 0 Å². The third kappa shape index (κ3) is 4.59. The van der Waals surface area contributed by atoms with E-state index in [-0.39, 0.29) is 18.1 Å². The van der Waals surface area contributed by atoms with Gasteiger partial charge in [0.25, 0.3) is 5.91 Å². The topological polar surface area (TPSA) is 38.3 Å². The van der Waals surface area contributed by atoms with Crippen molar-refractivity contribution in [1.29, 1.82) is 0 Å². The molecule has 0 heterocycles. The first-order chi connectivity index (χ1) is 10.9. The third-order valence-electron chi connectivity index (χ3n) is 3.73. The Bertz CT molecular complexity index is 675. The van der Waals surface area contributed by atoms with Gasteiger partial charge in [0, 0.05) is 5.56 Å². The van der Waals surface area contributed by atoms with E-state index in [1.54, 1.807) is 12.1 Å². The normalized spacial score (nSPS) is 12.1. The Balaban J connectivity index is 2.06. The van der Waals surface area contributed by atoms with E-state index in [0.717, 1.165) is 11.3 Å². The van der Waals surface area contributed by atoms with E-state index in [9.17, 15) is 4.79 Å². The number of hydrogen-bond acceptors (Lipinski definition) is 2. The molecule has 23 heavy (non-hydrogen) atoms. The summed E-state index contributed by atoms with van der Waals surface area (Å²) in [7, 11) is 0. The number of hydrogen-bond donors (Lipinski definition) is 1. The third-order valence-corrected chi connectivity index (χ3v) is 3.73. The fraction of sp³-hybridized carbons (Fsp3) is 0.350. The summed E-state index contributed by atoms with van der Waals surface area (Å²) in [4.78, 5) is 12.4. The smallest absolute Gasteiger partial charge is 0.251 e. The van der Waals surface area contributed by atoms with Gasteiger partial charge < -0.3 is 10.1 Å². The first kappa shape index (κ1) is 17.1. The van der Waals surface area contributed by atoms with Crippen LogP contribution < -0.4 is 10.1 Å². The van der Waals surface area contributed by atoms with Gasteiger partial charge >= 0.3 is 0 Å². The molecule has 0 fully saturated rings. The number of benzene rings is 2. The SMILES string of the molecule is Cc1ccc([C@@H](C)NC(=O)c2ccc(OC(C)C)cc2)c(C)c1. The molecule has 1 N–H and O–H groups in total. The van der Waals surface area contributed by atoms with Gasteiger partial charge in [-0.15, -0.1) is 0 Å². The van der Waals surface area contributed by atoms with E-state index in [1.165, 1.54) is 11.1 Å².